The van der Waals surface area contributed by atoms with Crippen LogP contribution in [0.3, 0.4) is 0 Å². The third-order valence-electron chi connectivity index (χ3n) is 6.85. The number of pyridine rings is 1. The second-order valence-corrected chi connectivity index (χ2v) is 9.14. The summed E-state index contributed by atoms with van der Waals surface area (Å²) in [5, 5.41) is 9.24. The number of hydrogen-bond donors (Lipinski definition) is 0. The summed E-state index contributed by atoms with van der Waals surface area (Å²) in [4.78, 5) is 30.5. The van der Waals surface area contributed by atoms with Gasteiger partial charge in [0.05, 0.1) is 22.8 Å². The predicted octanol–water partition coefficient (Wildman–Crippen LogP) is 3.85. The van der Waals surface area contributed by atoms with E-state index in [0.717, 1.165) is 45.6 Å². The van der Waals surface area contributed by atoms with E-state index in [1.54, 1.807) is 36.5 Å². The minimum Gasteiger partial charge on any atom is -0.457 e. The molecule has 2 fully saturated rings. The summed E-state index contributed by atoms with van der Waals surface area (Å²) in [7, 11) is 0. The molecule has 1 saturated heterocycles. The van der Waals surface area contributed by atoms with E-state index < -0.39 is 17.2 Å². The van der Waals surface area contributed by atoms with Crippen LogP contribution in [0.5, 0.6) is 0 Å². The maximum absolute atomic E-state index is 15.2. The molecule has 7 nitrogen and oxygen atoms in total. The van der Waals surface area contributed by atoms with Gasteiger partial charge in [0, 0.05) is 43.8 Å². The van der Waals surface area contributed by atoms with Crippen LogP contribution >= 0.6 is 0 Å². The van der Waals surface area contributed by atoms with E-state index in [4.69, 9.17) is 10.00 Å². The number of nitrogens with zero attached hydrogens (tertiary/aromatic N) is 4. The zero-order valence-corrected chi connectivity index (χ0v) is 19.7. The van der Waals surface area contributed by atoms with Gasteiger partial charge in [-0.2, -0.15) is 5.26 Å². The van der Waals surface area contributed by atoms with E-state index in [9.17, 15) is 9.59 Å². The van der Waals surface area contributed by atoms with Gasteiger partial charge < -0.3 is 19.1 Å². The monoisotopic (exact) mass is 474 g/mol. The van der Waals surface area contributed by atoms with Crippen LogP contribution in [-0.2, 0) is 11.3 Å². The second kappa shape index (κ2) is 9.51. The molecule has 3 aromatic rings. The lowest BCUT2D eigenvalue weighted by Gasteiger charge is -2.35. The third-order valence-corrected chi connectivity index (χ3v) is 6.85. The van der Waals surface area contributed by atoms with Crippen molar-refractivity contribution in [3.8, 4) is 6.07 Å². The average Bonchev–Trinajstić information content (AvgIpc) is 3.73. The molecule has 2 heterocycles. The highest BCUT2D eigenvalue weighted by atomic mass is 19.1. The molecular formula is C27H27FN4O3. The van der Waals surface area contributed by atoms with Crippen molar-refractivity contribution < 1.29 is 13.9 Å². The largest absolute Gasteiger partial charge is 0.457 e. The van der Waals surface area contributed by atoms with Crippen molar-refractivity contribution in [2.45, 2.75) is 32.4 Å². The Morgan fingerprint density at radius 3 is 2.63 bits per heavy atom. The number of hydrogen-bond acceptors (Lipinski definition) is 6. The Morgan fingerprint density at radius 1 is 1.17 bits per heavy atom. The van der Waals surface area contributed by atoms with Gasteiger partial charge in [-0.25, -0.2) is 9.18 Å². The minimum atomic E-state index is -0.756. The quantitative estimate of drug-likeness (QED) is 0.505. The molecule has 1 aliphatic carbocycles. The lowest BCUT2D eigenvalue weighted by atomic mass is 10.1. The summed E-state index contributed by atoms with van der Waals surface area (Å²) in [6.45, 7) is 6.20. The number of rotatable bonds is 6. The van der Waals surface area contributed by atoms with Crippen molar-refractivity contribution in [1.82, 2.24) is 9.47 Å². The van der Waals surface area contributed by atoms with Crippen LogP contribution in [0.25, 0.3) is 10.9 Å². The van der Waals surface area contributed by atoms with Gasteiger partial charge in [0.2, 0.25) is 5.43 Å². The van der Waals surface area contributed by atoms with E-state index in [1.807, 2.05) is 15.5 Å². The molecular weight excluding hydrogens is 447 g/mol. The summed E-state index contributed by atoms with van der Waals surface area (Å²) in [5.74, 6) is -1.21. The fourth-order valence-electron chi connectivity index (χ4n) is 4.66. The first kappa shape index (κ1) is 23.1. The first-order valence-corrected chi connectivity index (χ1v) is 12.0. The highest BCUT2D eigenvalue weighted by Gasteiger charge is 2.29. The van der Waals surface area contributed by atoms with E-state index in [1.165, 1.54) is 6.07 Å². The lowest BCUT2D eigenvalue weighted by molar-refractivity contribution is 0.0470. The predicted molar refractivity (Wildman–Crippen MR) is 131 cm³/mol. The zero-order valence-electron chi connectivity index (χ0n) is 19.7. The van der Waals surface area contributed by atoms with Crippen LogP contribution in [0.1, 0.15) is 47.3 Å². The second-order valence-electron chi connectivity index (χ2n) is 9.14. The molecule has 0 bridgehead atoms. The fraction of sp³-hybridized carbons (Fsp3) is 0.370. The minimum absolute atomic E-state index is 0.0632. The number of aromatic nitrogens is 1. The number of halogens is 1. The standard InChI is InChI=1S/C27H27FN4O3/c1-2-30-8-10-31(11-9-30)25-14-24-21(13-23(25)28)26(33)22(16-32(24)20-6-7-20)27(34)35-17-19-5-3-4-18(12-19)15-29/h3-5,12-14,16,20H,2,6-11,17H2,1H3. The summed E-state index contributed by atoms with van der Waals surface area (Å²) < 4.78 is 22.6. The smallest absolute Gasteiger partial charge is 0.343 e. The number of piperazine rings is 1. The number of esters is 1. The molecule has 2 aromatic carbocycles. The van der Waals surface area contributed by atoms with Gasteiger partial charge in [0.15, 0.2) is 0 Å². The Hall–Kier alpha value is -3.70. The molecule has 180 valence electrons. The molecule has 2 aliphatic rings. The van der Waals surface area contributed by atoms with Crippen LogP contribution < -0.4 is 10.3 Å². The van der Waals surface area contributed by atoms with E-state index in [0.29, 0.717) is 22.3 Å². The summed E-state index contributed by atoms with van der Waals surface area (Å²) >= 11 is 0. The van der Waals surface area contributed by atoms with Gasteiger partial charge in [-0.05, 0) is 49.2 Å². The number of fused-ring (bicyclic) bond motifs is 1. The molecule has 35 heavy (non-hydrogen) atoms. The van der Waals surface area contributed by atoms with Crippen molar-refractivity contribution in [2.75, 3.05) is 37.6 Å². The van der Waals surface area contributed by atoms with Gasteiger partial charge in [-0.1, -0.05) is 19.1 Å². The fourth-order valence-corrected chi connectivity index (χ4v) is 4.66. The third kappa shape index (κ3) is 4.64. The number of nitriles is 1. The molecule has 0 atom stereocenters. The number of anilines is 1. The topological polar surface area (TPSA) is 78.6 Å². The molecule has 1 aliphatic heterocycles. The molecule has 1 aromatic heterocycles. The normalized spacial score (nSPS) is 16.3. The maximum Gasteiger partial charge on any atom is 0.343 e. The van der Waals surface area contributed by atoms with Crippen LogP contribution in [-0.4, -0.2) is 48.2 Å². The number of likely N-dealkylation sites (N-methyl/N-ethyl adjacent to an activating group) is 1. The summed E-state index contributed by atoms with van der Waals surface area (Å²) in [6, 6.07) is 12.0. The van der Waals surface area contributed by atoms with Crippen molar-refractivity contribution >= 4 is 22.6 Å². The number of carbonyl (C=O) groups excluding carboxylic acids is 1. The van der Waals surface area contributed by atoms with Crippen LogP contribution in [0.4, 0.5) is 10.1 Å². The van der Waals surface area contributed by atoms with Crippen LogP contribution in [0, 0.1) is 17.1 Å². The van der Waals surface area contributed by atoms with Gasteiger partial charge in [-0.3, -0.25) is 4.79 Å². The molecule has 5 rings (SSSR count). The summed E-state index contributed by atoms with van der Waals surface area (Å²) in [6.07, 6.45) is 3.44. The van der Waals surface area contributed by atoms with Gasteiger partial charge in [0.25, 0.3) is 0 Å². The Balaban J connectivity index is 1.47. The zero-order chi connectivity index (χ0) is 24.5. The molecule has 0 N–H and O–H groups in total. The molecule has 0 spiro atoms. The van der Waals surface area contributed by atoms with Gasteiger partial charge in [0.1, 0.15) is 18.0 Å². The van der Waals surface area contributed by atoms with Gasteiger partial charge in [-0.15, -0.1) is 0 Å². The summed E-state index contributed by atoms with van der Waals surface area (Å²) in [5.41, 5.74) is 1.61. The number of benzene rings is 2. The van der Waals surface area contributed by atoms with Crippen LogP contribution in [0.2, 0.25) is 0 Å². The van der Waals surface area contributed by atoms with E-state index in [2.05, 4.69) is 11.8 Å². The Kier molecular flexibility index (Phi) is 6.27. The SMILES string of the molecule is CCN1CCN(c2cc3c(cc2F)c(=O)c(C(=O)OCc2cccc(C#N)c2)cn3C2CC2)CC1. The van der Waals surface area contributed by atoms with Crippen molar-refractivity contribution in [2.24, 2.45) is 0 Å². The van der Waals surface area contributed by atoms with Crippen molar-refractivity contribution in [3.05, 3.63) is 75.3 Å². The highest BCUT2D eigenvalue weighted by molar-refractivity contribution is 5.94. The highest BCUT2D eigenvalue weighted by Crippen LogP contribution is 2.38. The lowest BCUT2D eigenvalue weighted by Crippen LogP contribution is -2.46. The molecule has 8 heteroatoms. The Labute approximate surface area is 202 Å². The average molecular weight is 475 g/mol. The number of carbonyl (C=O) groups is 1. The van der Waals surface area contributed by atoms with Crippen molar-refractivity contribution in [1.29, 1.82) is 5.26 Å². The van der Waals surface area contributed by atoms with Crippen molar-refractivity contribution in [3.63, 3.8) is 0 Å². The Morgan fingerprint density at radius 2 is 1.94 bits per heavy atom. The first-order chi connectivity index (χ1) is 17.0. The molecule has 1 saturated carbocycles. The Bertz CT molecular complexity index is 1380. The molecule has 0 radical (unpaired) electrons. The number of ether oxygens (including phenoxy) is 1. The van der Waals surface area contributed by atoms with E-state index in [-0.39, 0.29) is 23.6 Å². The molecule has 0 amide bonds. The molecule has 0 unspecified atom stereocenters. The van der Waals surface area contributed by atoms with Crippen LogP contribution in [0.15, 0.2) is 47.4 Å². The van der Waals surface area contributed by atoms with E-state index >= 15 is 4.39 Å². The first-order valence-electron chi connectivity index (χ1n) is 12.0. The van der Waals surface area contributed by atoms with Gasteiger partial charge >= 0.3 is 5.97 Å². The maximum atomic E-state index is 15.2.